The van der Waals surface area contributed by atoms with Crippen LogP contribution in [0.5, 0.6) is 5.75 Å². The van der Waals surface area contributed by atoms with E-state index in [1.165, 1.54) is 5.56 Å². The number of hydrogen-bond acceptors (Lipinski definition) is 3. The fraction of sp³-hybridized carbons (Fsp3) is 0.300. The molecule has 1 aliphatic heterocycles. The zero-order valence-corrected chi connectivity index (χ0v) is 17.6. The number of ether oxygens (including phenoxy) is 1. The average molecular weight is 480 g/mol. The Hall–Kier alpha value is -2.29. The second-order valence-corrected chi connectivity index (χ2v) is 6.17. The van der Waals surface area contributed by atoms with Gasteiger partial charge in [-0.2, -0.15) is 0 Å². The van der Waals surface area contributed by atoms with Crippen molar-refractivity contribution in [3.05, 3.63) is 59.7 Å². The molecular formula is C20H25IN4O2. The lowest BCUT2D eigenvalue weighted by Crippen LogP contribution is -2.34. The number of nitrogens with zero attached hydrogens (tertiary/aromatic N) is 1. The lowest BCUT2D eigenvalue weighted by Gasteiger charge is -2.26. The molecule has 1 unspecified atom stereocenters. The van der Waals surface area contributed by atoms with Gasteiger partial charge >= 0.3 is 0 Å². The van der Waals surface area contributed by atoms with Gasteiger partial charge in [-0.15, -0.1) is 24.0 Å². The fourth-order valence-electron chi connectivity index (χ4n) is 2.90. The number of para-hydroxylation sites is 1. The van der Waals surface area contributed by atoms with Crippen molar-refractivity contribution in [1.82, 2.24) is 5.32 Å². The highest BCUT2D eigenvalue weighted by atomic mass is 127. The molecule has 2 aromatic rings. The van der Waals surface area contributed by atoms with Crippen LogP contribution in [-0.4, -0.2) is 25.0 Å². The SMILES string of the molecule is CCc1ccc(NC(N)=NCC(=O)NC2CCOc3ccccc32)cc1.I. The van der Waals surface area contributed by atoms with E-state index >= 15 is 0 Å². The number of fused-ring (bicyclic) bond motifs is 1. The summed E-state index contributed by atoms with van der Waals surface area (Å²) in [5.41, 5.74) is 8.97. The molecule has 144 valence electrons. The topological polar surface area (TPSA) is 88.7 Å². The molecule has 0 aliphatic carbocycles. The maximum atomic E-state index is 12.2. The van der Waals surface area contributed by atoms with Crippen LogP contribution in [0.15, 0.2) is 53.5 Å². The third-order valence-electron chi connectivity index (χ3n) is 4.32. The van der Waals surface area contributed by atoms with Crippen LogP contribution in [0, 0.1) is 0 Å². The summed E-state index contributed by atoms with van der Waals surface area (Å²) in [6.07, 6.45) is 1.73. The van der Waals surface area contributed by atoms with Gasteiger partial charge in [-0.3, -0.25) is 4.79 Å². The zero-order valence-electron chi connectivity index (χ0n) is 15.3. The molecule has 27 heavy (non-hydrogen) atoms. The number of aryl methyl sites for hydroxylation is 1. The van der Waals surface area contributed by atoms with E-state index in [1.807, 2.05) is 48.5 Å². The molecule has 1 aliphatic rings. The van der Waals surface area contributed by atoms with Gasteiger partial charge in [-0.1, -0.05) is 37.3 Å². The summed E-state index contributed by atoms with van der Waals surface area (Å²) < 4.78 is 5.61. The molecule has 6 nitrogen and oxygen atoms in total. The van der Waals surface area contributed by atoms with Crippen LogP contribution in [0.3, 0.4) is 0 Å². The Bertz CT molecular complexity index is 793. The first-order valence-corrected chi connectivity index (χ1v) is 8.82. The molecule has 0 saturated heterocycles. The van der Waals surface area contributed by atoms with Crippen molar-refractivity contribution in [2.75, 3.05) is 18.5 Å². The Kier molecular flexibility index (Phi) is 7.90. The van der Waals surface area contributed by atoms with Gasteiger partial charge in [0.2, 0.25) is 5.91 Å². The number of rotatable bonds is 5. The molecule has 3 rings (SSSR count). The number of halogens is 1. The number of carbonyl (C=O) groups is 1. The third-order valence-corrected chi connectivity index (χ3v) is 4.32. The Morgan fingerprint density at radius 2 is 1.96 bits per heavy atom. The van der Waals surface area contributed by atoms with Crippen LogP contribution in [0.2, 0.25) is 0 Å². The molecular weight excluding hydrogens is 455 g/mol. The molecule has 0 aromatic heterocycles. The Balaban J connectivity index is 0.00000261. The third kappa shape index (κ3) is 5.85. The van der Waals surface area contributed by atoms with E-state index in [1.54, 1.807) is 0 Å². The normalized spacial score (nSPS) is 15.7. The number of guanidine groups is 1. The standard InChI is InChI=1S/C20H24N4O2.HI/c1-2-14-7-9-15(10-8-14)23-20(21)22-13-19(25)24-17-11-12-26-18-6-4-3-5-16(17)18;/h3-10,17H,2,11-13H2,1H3,(H,24,25)(H3,21,22,23);1H. The van der Waals surface area contributed by atoms with Crippen LogP contribution in [0.1, 0.15) is 30.5 Å². The lowest BCUT2D eigenvalue weighted by molar-refractivity contribution is -0.120. The van der Waals surface area contributed by atoms with Crippen LogP contribution in [0.4, 0.5) is 5.69 Å². The minimum absolute atomic E-state index is 0. The summed E-state index contributed by atoms with van der Waals surface area (Å²) in [4.78, 5) is 16.3. The summed E-state index contributed by atoms with van der Waals surface area (Å²) in [6.45, 7) is 2.67. The number of nitrogens with one attached hydrogen (secondary N) is 2. The molecule has 4 N–H and O–H groups in total. The quantitative estimate of drug-likeness (QED) is 0.349. The Labute approximate surface area is 176 Å². The van der Waals surface area contributed by atoms with E-state index in [0.717, 1.165) is 29.8 Å². The monoisotopic (exact) mass is 480 g/mol. The van der Waals surface area contributed by atoms with E-state index < -0.39 is 0 Å². The summed E-state index contributed by atoms with van der Waals surface area (Å²) in [5.74, 6) is 0.874. The smallest absolute Gasteiger partial charge is 0.242 e. The van der Waals surface area contributed by atoms with Gasteiger partial charge in [0, 0.05) is 17.7 Å². The summed E-state index contributed by atoms with van der Waals surface area (Å²) in [5, 5.41) is 6.00. The van der Waals surface area contributed by atoms with E-state index in [2.05, 4.69) is 22.5 Å². The highest BCUT2D eigenvalue weighted by molar-refractivity contribution is 14.0. The highest BCUT2D eigenvalue weighted by Crippen LogP contribution is 2.31. The van der Waals surface area contributed by atoms with Gasteiger partial charge < -0.3 is 21.1 Å². The number of nitrogens with two attached hydrogens (primary N) is 1. The number of anilines is 1. The Morgan fingerprint density at radius 1 is 1.22 bits per heavy atom. The predicted octanol–water partition coefficient (Wildman–Crippen LogP) is 3.23. The molecule has 7 heteroatoms. The lowest BCUT2D eigenvalue weighted by atomic mass is 10.0. The van der Waals surface area contributed by atoms with Gasteiger partial charge in [0.25, 0.3) is 0 Å². The molecule has 1 atom stereocenters. The number of hydrogen-bond donors (Lipinski definition) is 3. The average Bonchev–Trinajstić information content (AvgIpc) is 2.67. The van der Waals surface area contributed by atoms with Crippen molar-refractivity contribution < 1.29 is 9.53 Å². The number of aliphatic imine (C=N–C) groups is 1. The summed E-state index contributed by atoms with van der Waals surface area (Å²) in [7, 11) is 0. The fourth-order valence-corrected chi connectivity index (χ4v) is 2.90. The van der Waals surface area contributed by atoms with Crippen molar-refractivity contribution in [3.63, 3.8) is 0 Å². The van der Waals surface area contributed by atoms with Crippen molar-refractivity contribution >= 4 is 41.5 Å². The number of amides is 1. The van der Waals surface area contributed by atoms with E-state index in [0.29, 0.717) is 6.61 Å². The van der Waals surface area contributed by atoms with Gasteiger partial charge in [0.05, 0.1) is 12.6 Å². The molecule has 0 radical (unpaired) electrons. The zero-order chi connectivity index (χ0) is 18.4. The van der Waals surface area contributed by atoms with E-state index in [-0.39, 0.29) is 48.4 Å². The maximum absolute atomic E-state index is 12.2. The van der Waals surface area contributed by atoms with Gasteiger partial charge in [-0.25, -0.2) is 4.99 Å². The van der Waals surface area contributed by atoms with Crippen molar-refractivity contribution in [2.45, 2.75) is 25.8 Å². The predicted molar refractivity (Wildman–Crippen MR) is 119 cm³/mol. The molecule has 2 aromatic carbocycles. The highest BCUT2D eigenvalue weighted by Gasteiger charge is 2.22. The van der Waals surface area contributed by atoms with E-state index in [4.69, 9.17) is 10.5 Å². The molecule has 1 amide bonds. The second-order valence-electron chi connectivity index (χ2n) is 6.17. The van der Waals surface area contributed by atoms with Crippen molar-refractivity contribution in [1.29, 1.82) is 0 Å². The van der Waals surface area contributed by atoms with E-state index in [9.17, 15) is 4.79 Å². The second kappa shape index (κ2) is 10.1. The maximum Gasteiger partial charge on any atom is 0.242 e. The first-order chi connectivity index (χ1) is 12.7. The minimum atomic E-state index is -0.169. The first kappa shape index (κ1) is 21.0. The van der Waals surface area contributed by atoms with Gasteiger partial charge in [0.15, 0.2) is 5.96 Å². The van der Waals surface area contributed by atoms with Crippen LogP contribution >= 0.6 is 24.0 Å². The molecule has 0 bridgehead atoms. The van der Waals surface area contributed by atoms with Crippen molar-refractivity contribution in [2.24, 2.45) is 10.7 Å². The van der Waals surface area contributed by atoms with Crippen LogP contribution in [-0.2, 0) is 11.2 Å². The number of carbonyl (C=O) groups excluding carboxylic acids is 1. The summed E-state index contributed by atoms with van der Waals surface area (Å²) in [6, 6.07) is 15.6. The molecule has 0 spiro atoms. The van der Waals surface area contributed by atoms with Crippen LogP contribution < -0.4 is 21.1 Å². The summed E-state index contributed by atoms with van der Waals surface area (Å²) >= 11 is 0. The molecule has 0 saturated carbocycles. The van der Waals surface area contributed by atoms with Gasteiger partial charge in [-0.05, 0) is 30.2 Å². The largest absolute Gasteiger partial charge is 0.493 e. The minimum Gasteiger partial charge on any atom is -0.493 e. The first-order valence-electron chi connectivity index (χ1n) is 8.82. The molecule has 0 fully saturated rings. The van der Waals surface area contributed by atoms with Crippen LogP contribution in [0.25, 0.3) is 0 Å². The van der Waals surface area contributed by atoms with Crippen molar-refractivity contribution in [3.8, 4) is 5.75 Å². The number of benzene rings is 2. The Morgan fingerprint density at radius 3 is 2.70 bits per heavy atom. The van der Waals surface area contributed by atoms with Gasteiger partial charge in [0.1, 0.15) is 12.3 Å². The molecule has 1 heterocycles.